The zero-order valence-electron chi connectivity index (χ0n) is 15.0. The molecule has 2 aromatic carbocycles. The number of nitrogens with one attached hydrogen (secondary N) is 1. The third-order valence-electron chi connectivity index (χ3n) is 4.61. The number of amides is 1. The fourth-order valence-corrected chi connectivity index (χ4v) is 4.70. The molecule has 0 aliphatic rings. The molecule has 0 saturated heterocycles. The summed E-state index contributed by atoms with van der Waals surface area (Å²) < 4.78 is 1.34. The Morgan fingerprint density at radius 2 is 1.93 bits per heavy atom. The van der Waals surface area contributed by atoms with E-state index in [1.54, 1.807) is 11.6 Å². The van der Waals surface area contributed by atoms with Gasteiger partial charge in [0.25, 0.3) is 5.56 Å². The van der Waals surface area contributed by atoms with E-state index in [4.69, 9.17) is 0 Å². The molecule has 29 heavy (non-hydrogen) atoms. The molecule has 0 aliphatic heterocycles. The second kappa shape index (κ2) is 7.23. The van der Waals surface area contributed by atoms with Gasteiger partial charge >= 0.3 is 0 Å². The number of aromatic nitrogens is 3. The quantitative estimate of drug-likeness (QED) is 0.470. The van der Waals surface area contributed by atoms with E-state index < -0.39 is 0 Å². The lowest BCUT2D eigenvalue weighted by Gasteiger charge is -2.07. The maximum Gasteiger partial charge on any atom is 0.263 e. The van der Waals surface area contributed by atoms with Crippen LogP contribution in [-0.2, 0) is 11.3 Å². The number of rotatable bonds is 4. The summed E-state index contributed by atoms with van der Waals surface area (Å²) in [6.45, 7) is -0.117. The molecule has 0 fully saturated rings. The minimum atomic E-state index is -0.314. The molecule has 142 valence electrons. The molecule has 0 spiro atoms. The first-order chi connectivity index (χ1) is 14.2. The van der Waals surface area contributed by atoms with Gasteiger partial charge in [0, 0.05) is 22.5 Å². The van der Waals surface area contributed by atoms with E-state index in [-0.39, 0.29) is 18.0 Å². The topological polar surface area (TPSA) is 76.9 Å². The predicted molar refractivity (Wildman–Crippen MR) is 118 cm³/mol. The highest BCUT2D eigenvalue weighted by atomic mass is 32.1. The van der Waals surface area contributed by atoms with Crippen molar-refractivity contribution in [1.82, 2.24) is 14.5 Å². The maximum absolute atomic E-state index is 13.1. The summed E-state index contributed by atoms with van der Waals surface area (Å²) in [6.07, 6.45) is 3.04. The second-order valence-electron chi connectivity index (χ2n) is 6.45. The fourth-order valence-electron chi connectivity index (χ4n) is 3.25. The van der Waals surface area contributed by atoms with Gasteiger partial charge in [-0.2, -0.15) is 0 Å². The monoisotopic (exact) mass is 418 g/mol. The van der Waals surface area contributed by atoms with Crippen LogP contribution in [0, 0.1) is 0 Å². The first-order valence-electron chi connectivity index (χ1n) is 8.84. The second-order valence-corrected chi connectivity index (χ2v) is 8.21. The maximum atomic E-state index is 13.1. The number of thiophene rings is 1. The lowest BCUT2D eigenvalue weighted by Crippen LogP contribution is -2.27. The van der Waals surface area contributed by atoms with E-state index in [0.717, 1.165) is 21.9 Å². The van der Waals surface area contributed by atoms with Crippen LogP contribution in [-0.4, -0.2) is 20.4 Å². The number of fused-ring (bicyclic) bond motifs is 2. The molecule has 0 atom stereocenters. The number of hydrogen-bond donors (Lipinski definition) is 1. The van der Waals surface area contributed by atoms with Crippen LogP contribution in [0.3, 0.4) is 0 Å². The summed E-state index contributed by atoms with van der Waals surface area (Å²) in [4.78, 5) is 34.5. The molecule has 1 N–H and O–H groups in total. The van der Waals surface area contributed by atoms with Crippen LogP contribution in [0.1, 0.15) is 0 Å². The third-order valence-corrected chi connectivity index (χ3v) is 6.19. The predicted octanol–water partition coefficient (Wildman–Crippen LogP) is 4.37. The Morgan fingerprint density at radius 3 is 2.76 bits per heavy atom. The molecule has 5 rings (SSSR count). The van der Waals surface area contributed by atoms with Crippen LogP contribution < -0.4 is 10.9 Å². The van der Waals surface area contributed by atoms with Crippen molar-refractivity contribution in [2.24, 2.45) is 0 Å². The van der Waals surface area contributed by atoms with Gasteiger partial charge in [-0.05, 0) is 22.4 Å². The van der Waals surface area contributed by atoms with E-state index in [1.807, 2.05) is 35.7 Å². The first kappa shape index (κ1) is 17.7. The van der Waals surface area contributed by atoms with E-state index in [2.05, 4.69) is 27.4 Å². The van der Waals surface area contributed by atoms with Crippen molar-refractivity contribution in [3.05, 3.63) is 76.1 Å². The van der Waals surface area contributed by atoms with Crippen LogP contribution in [0.15, 0.2) is 70.5 Å². The van der Waals surface area contributed by atoms with Crippen molar-refractivity contribution in [3.8, 4) is 11.1 Å². The van der Waals surface area contributed by atoms with Crippen LogP contribution in [0.25, 0.3) is 32.1 Å². The van der Waals surface area contributed by atoms with E-state index >= 15 is 0 Å². The SMILES string of the molecule is O=C(Cn1cnc2scc(-c3ccc4ccccc4c3)c2c1=O)Nc1nccs1. The minimum Gasteiger partial charge on any atom is -0.300 e. The number of nitrogens with zero attached hydrogens (tertiary/aromatic N) is 3. The third kappa shape index (κ3) is 3.32. The zero-order valence-corrected chi connectivity index (χ0v) is 16.7. The van der Waals surface area contributed by atoms with Gasteiger partial charge in [-0.3, -0.25) is 14.2 Å². The number of benzene rings is 2. The number of carbonyl (C=O) groups is 1. The molecule has 0 radical (unpaired) electrons. The first-order valence-corrected chi connectivity index (χ1v) is 10.6. The van der Waals surface area contributed by atoms with Crippen molar-refractivity contribution in [3.63, 3.8) is 0 Å². The van der Waals surface area contributed by atoms with E-state index in [9.17, 15) is 9.59 Å². The Balaban J connectivity index is 1.54. The summed E-state index contributed by atoms with van der Waals surface area (Å²) in [5, 5.41) is 9.70. The fraction of sp³-hybridized carbons (Fsp3) is 0.0476. The summed E-state index contributed by atoms with van der Waals surface area (Å²) >= 11 is 2.75. The van der Waals surface area contributed by atoms with Gasteiger partial charge in [0.2, 0.25) is 5.91 Å². The Morgan fingerprint density at radius 1 is 1.07 bits per heavy atom. The van der Waals surface area contributed by atoms with Crippen molar-refractivity contribution in [1.29, 1.82) is 0 Å². The molecule has 0 aliphatic carbocycles. The van der Waals surface area contributed by atoms with Crippen molar-refractivity contribution in [2.75, 3.05) is 5.32 Å². The van der Waals surface area contributed by atoms with Crippen molar-refractivity contribution in [2.45, 2.75) is 6.54 Å². The smallest absolute Gasteiger partial charge is 0.263 e. The van der Waals surface area contributed by atoms with Crippen LogP contribution in [0.5, 0.6) is 0 Å². The summed E-state index contributed by atoms with van der Waals surface area (Å²) in [7, 11) is 0. The van der Waals surface area contributed by atoms with Gasteiger partial charge in [-0.15, -0.1) is 22.7 Å². The summed E-state index contributed by atoms with van der Waals surface area (Å²) in [5.74, 6) is -0.314. The minimum absolute atomic E-state index is 0.117. The molecule has 0 bridgehead atoms. The number of carbonyl (C=O) groups excluding carboxylic acids is 1. The van der Waals surface area contributed by atoms with Gasteiger partial charge < -0.3 is 5.32 Å². The van der Waals surface area contributed by atoms with E-state index in [0.29, 0.717) is 15.3 Å². The lowest BCUT2D eigenvalue weighted by atomic mass is 10.0. The van der Waals surface area contributed by atoms with Crippen molar-refractivity contribution >= 4 is 54.7 Å². The molecule has 3 heterocycles. The molecule has 3 aromatic heterocycles. The van der Waals surface area contributed by atoms with Crippen LogP contribution >= 0.6 is 22.7 Å². The molecule has 1 amide bonds. The Hall–Kier alpha value is -3.36. The average Bonchev–Trinajstić information content (AvgIpc) is 3.40. The Bertz CT molecular complexity index is 1400. The summed E-state index contributed by atoms with van der Waals surface area (Å²) in [6, 6.07) is 14.2. The van der Waals surface area contributed by atoms with Gasteiger partial charge in [0.05, 0.1) is 11.7 Å². The van der Waals surface area contributed by atoms with E-state index in [1.165, 1.54) is 33.6 Å². The van der Waals surface area contributed by atoms with Gasteiger partial charge in [-0.25, -0.2) is 9.97 Å². The molecule has 6 nitrogen and oxygen atoms in total. The van der Waals surface area contributed by atoms with Gasteiger partial charge in [-0.1, -0.05) is 36.4 Å². The molecular weight excluding hydrogens is 404 g/mol. The highest BCUT2D eigenvalue weighted by molar-refractivity contribution is 7.17. The van der Waals surface area contributed by atoms with Gasteiger partial charge in [0.15, 0.2) is 5.13 Å². The number of anilines is 1. The average molecular weight is 419 g/mol. The highest BCUT2D eigenvalue weighted by Crippen LogP contribution is 2.32. The Labute approximate surface area is 173 Å². The van der Waals surface area contributed by atoms with Crippen LogP contribution in [0.4, 0.5) is 5.13 Å². The zero-order chi connectivity index (χ0) is 19.8. The molecule has 0 saturated carbocycles. The largest absolute Gasteiger partial charge is 0.300 e. The number of hydrogen-bond acceptors (Lipinski definition) is 6. The van der Waals surface area contributed by atoms with Gasteiger partial charge in [0.1, 0.15) is 11.4 Å². The highest BCUT2D eigenvalue weighted by Gasteiger charge is 2.15. The van der Waals surface area contributed by atoms with Crippen LogP contribution in [0.2, 0.25) is 0 Å². The number of thiazole rings is 1. The molecule has 5 aromatic rings. The summed E-state index contributed by atoms with van der Waals surface area (Å²) in [5.41, 5.74) is 1.57. The standard InChI is InChI=1S/C21H14N4O2S2/c26-17(24-21-22-7-8-28-21)10-25-12-23-19-18(20(25)27)16(11-29-19)15-6-5-13-3-1-2-4-14(13)9-15/h1-9,11-12H,10H2,(H,22,24,26). The molecular formula is C21H14N4O2S2. The van der Waals surface area contributed by atoms with Crippen molar-refractivity contribution < 1.29 is 4.79 Å². The molecule has 0 unspecified atom stereocenters. The Kier molecular flexibility index (Phi) is 4.42. The molecule has 8 heteroatoms. The normalized spacial score (nSPS) is 11.2. The lowest BCUT2D eigenvalue weighted by molar-refractivity contribution is -0.116.